The van der Waals surface area contributed by atoms with E-state index in [0.717, 1.165) is 37.0 Å². The van der Waals surface area contributed by atoms with Crippen LogP contribution >= 0.6 is 0 Å². The Balaban J connectivity index is 1.27. The highest BCUT2D eigenvalue weighted by atomic mass is 19.4. The van der Waals surface area contributed by atoms with Gasteiger partial charge in [0.25, 0.3) is 5.92 Å². The summed E-state index contributed by atoms with van der Waals surface area (Å²) < 4.78 is 104. The Morgan fingerprint density at radius 2 is 1.20 bits per heavy atom. The van der Waals surface area contributed by atoms with Crippen molar-refractivity contribution < 1.29 is 83.5 Å². The summed E-state index contributed by atoms with van der Waals surface area (Å²) in [7, 11) is 8.46. The SMILES string of the molecule is CC[C@H](C)[C@@H]1NC(=O)[C@H](CC(C)C)N(C)C(=O)C[C@@H](C)N(C)C(=O)[C@H](C2CCCC2)N(C)C(=O)C2(CCCC2)NC(=O)[C@@H]2CC(F)(F)CN2C(=O)[C@H](CCC2CC(F)C(C(F)(F)F)C(F)C2)NC(=O)CN(C)C(=O)[C@H](CC2CCCCC2)N(C)C(=O)[C@@H]2CCN2C(=O)[C@H](C)N(C)C1=O. The van der Waals surface area contributed by atoms with Crippen molar-refractivity contribution >= 4 is 65.0 Å². The maximum atomic E-state index is 16.1. The quantitative estimate of drug-likeness (QED) is 0.198. The number of nitrogens with one attached hydrogen (secondary N) is 3. The first-order valence-electron chi connectivity index (χ1n) is 35.7. The minimum absolute atomic E-state index is 0.00162. The molecule has 7 aliphatic rings. The van der Waals surface area contributed by atoms with Gasteiger partial charge < -0.3 is 55.1 Å². The first kappa shape index (κ1) is 79.0. The van der Waals surface area contributed by atoms with E-state index in [1.165, 1.54) is 78.6 Å². The van der Waals surface area contributed by atoms with Crippen LogP contribution in [0.3, 0.4) is 0 Å². The lowest BCUT2D eigenvalue weighted by Crippen LogP contribution is -2.65. The molecule has 7 fully saturated rings. The number of carbonyl (C=O) groups excluding carboxylic acids is 11. The normalized spacial score (nSPS) is 32.7. The number of likely N-dealkylation sites (N-methyl/N-ethyl adjacent to an activating group) is 6. The molecule has 4 saturated carbocycles. The molecule has 98 heavy (non-hydrogen) atoms. The molecule has 29 heteroatoms. The fraction of sp³-hybridized carbons (Fsp3) is 0.841. The van der Waals surface area contributed by atoms with Gasteiger partial charge in [-0.15, -0.1) is 0 Å². The second-order valence-corrected chi connectivity index (χ2v) is 30.2. The van der Waals surface area contributed by atoms with Gasteiger partial charge in [-0.2, -0.15) is 13.2 Å². The van der Waals surface area contributed by atoms with Gasteiger partial charge in [-0.3, -0.25) is 52.7 Å². The van der Waals surface area contributed by atoms with Crippen molar-refractivity contribution in [1.82, 2.24) is 55.1 Å². The van der Waals surface area contributed by atoms with E-state index >= 15 is 31.9 Å². The van der Waals surface area contributed by atoms with Gasteiger partial charge in [0.15, 0.2) is 0 Å². The second-order valence-electron chi connectivity index (χ2n) is 30.2. The highest BCUT2D eigenvalue weighted by Gasteiger charge is 2.57. The van der Waals surface area contributed by atoms with Crippen molar-refractivity contribution in [1.29, 1.82) is 0 Å². The van der Waals surface area contributed by atoms with Crippen LogP contribution in [0.2, 0.25) is 0 Å². The molecule has 3 saturated heterocycles. The third kappa shape index (κ3) is 18.2. The molecule has 0 aromatic heterocycles. The predicted octanol–water partition coefficient (Wildman–Crippen LogP) is 6.56. The minimum Gasteiger partial charge on any atom is -0.343 e. The molecule has 3 heterocycles. The monoisotopic (exact) mass is 1400 g/mol. The molecule has 11 amide bonds. The summed E-state index contributed by atoms with van der Waals surface area (Å²) in [6, 6.07) is -11.7. The van der Waals surface area contributed by atoms with Crippen LogP contribution in [0.15, 0.2) is 0 Å². The summed E-state index contributed by atoms with van der Waals surface area (Å²) in [5.74, 6) is -17.3. The molecule has 554 valence electrons. The number of hydrogen-bond acceptors (Lipinski definition) is 11. The maximum absolute atomic E-state index is 16.1. The second kappa shape index (κ2) is 33.0. The Hall–Kier alpha value is -6.32. The molecule has 1 spiro atoms. The van der Waals surface area contributed by atoms with E-state index in [1.807, 2.05) is 20.8 Å². The van der Waals surface area contributed by atoms with E-state index in [1.54, 1.807) is 13.8 Å². The molecule has 2 unspecified atom stereocenters. The summed E-state index contributed by atoms with van der Waals surface area (Å²) in [6.45, 7) is 8.38. The van der Waals surface area contributed by atoms with Crippen LogP contribution in [0.1, 0.15) is 189 Å². The molecule has 12 atom stereocenters. The lowest BCUT2D eigenvalue weighted by Gasteiger charge is -2.45. The van der Waals surface area contributed by atoms with E-state index < -0.39 is 218 Å². The third-order valence-electron chi connectivity index (χ3n) is 22.8. The van der Waals surface area contributed by atoms with Crippen molar-refractivity contribution in [2.75, 3.05) is 61.9 Å². The average Bonchev–Trinajstić information content (AvgIpc) is 1.55. The third-order valence-corrected chi connectivity index (χ3v) is 22.8. The molecule has 4 aliphatic carbocycles. The molecule has 3 aliphatic heterocycles. The molecule has 7 rings (SSSR count). The Labute approximate surface area is 572 Å². The average molecular weight is 1400 g/mol. The maximum Gasteiger partial charge on any atom is 0.397 e. The first-order valence-corrected chi connectivity index (χ1v) is 35.7. The van der Waals surface area contributed by atoms with Crippen LogP contribution in [-0.2, 0) is 52.7 Å². The number of halogens is 7. The van der Waals surface area contributed by atoms with Crippen molar-refractivity contribution in [3.63, 3.8) is 0 Å². The highest BCUT2D eigenvalue weighted by molar-refractivity contribution is 6.00. The molecular weight excluding hydrogens is 1290 g/mol. The number of alkyl halides is 7. The van der Waals surface area contributed by atoms with Crippen LogP contribution in [0.5, 0.6) is 0 Å². The summed E-state index contributed by atoms with van der Waals surface area (Å²) in [4.78, 5) is 172. The predicted molar refractivity (Wildman–Crippen MR) is 348 cm³/mol. The Kier molecular flexibility index (Phi) is 26.6. The van der Waals surface area contributed by atoms with Gasteiger partial charge in [-0.05, 0) is 114 Å². The van der Waals surface area contributed by atoms with Crippen molar-refractivity contribution in [2.45, 2.75) is 274 Å². The van der Waals surface area contributed by atoms with Gasteiger partial charge in [-0.1, -0.05) is 91.9 Å². The minimum atomic E-state index is -5.22. The number of hydrogen-bond donors (Lipinski definition) is 3. The van der Waals surface area contributed by atoms with E-state index in [2.05, 4.69) is 16.0 Å². The summed E-state index contributed by atoms with van der Waals surface area (Å²) >= 11 is 0. The first-order chi connectivity index (χ1) is 45.8. The molecule has 0 radical (unpaired) electrons. The van der Waals surface area contributed by atoms with E-state index in [-0.39, 0.29) is 56.9 Å². The molecule has 0 bridgehead atoms. The summed E-state index contributed by atoms with van der Waals surface area (Å²) in [5.41, 5.74) is -1.79. The largest absolute Gasteiger partial charge is 0.397 e. The molecule has 3 N–H and O–H groups in total. The van der Waals surface area contributed by atoms with Crippen molar-refractivity contribution in [2.24, 2.45) is 35.5 Å². The fourth-order valence-corrected chi connectivity index (χ4v) is 16.2. The van der Waals surface area contributed by atoms with Crippen LogP contribution in [-0.4, -0.2) is 250 Å². The number of nitrogens with zero attached hydrogens (tertiary/aromatic N) is 8. The van der Waals surface area contributed by atoms with Crippen molar-refractivity contribution in [3.8, 4) is 0 Å². The standard InChI is InChI=1S/C69H108F7N11O11/c1-13-40(4)56-64(96)82(9)42(6)60(92)86-30-27-49(86)63(95)84(11)51(35-43-21-15-14-16-22-43)62(94)80(7)37-53(88)77-48(26-25-44-33-46(70)55(47(71)34-44)69(74,75)76)61(93)87-38-68(72,73)36-52(87)59(91)79-67(28-19-20-29-67)66(98)85(12)57(45-23-17-18-24-45)65(97)81(8)41(5)32-54(89)83(10)50(31-39(2)3)58(90)78-56/h39-52,55-57H,13-38H2,1-12H3,(H,77,88)(H,78,90)(H,79,91)/t40-,41+,42-,44?,46?,47?,48-,49-,50-,51-,52-,55?,56-,57-/m0/s1. The Morgan fingerprint density at radius 1 is 0.602 bits per heavy atom. The molecule has 0 aromatic carbocycles. The lowest BCUT2D eigenvalue weighted by molar-refractivity contribution is -0.219. The van der Waals surface area contributed by atoms with E-state index in [0.29, 0.717) is 49.8 Å². The zero-order chi connectivity index (χ0) is 72.8. The van der Waals surface area contributed by atoms with Crippen LogP contribution in [0.4, 0.5) is 30.7 Å². The Morgan fingerprint density at radius 3 is 1.77 bits per heavy atom. The number of amides is 11. The van der Waals surface area contributed by atoms with Crippen LogP contribution in [0, 0.1) is 35.5 Å². The molecular formula is C69H108F7N11O11. The zero-order valence-electron chi connectivity index (χ0n) is 59.4. The van der Waals surface area contributed by atoms with E-state index in [4.69, 9.17) is 0 Å². The molecule has 0 aromatic rings. The van der Waals surface area contributed by atoms with Gasteiger partial charge in [0.05, 0.1) is 13.1 Å². The van der Waals surface area contributed by atoms with Gasteiger partial charge in [-0.25, -0.2) is 17.6 Å². The number of carbonyl (C=O) groups is 11. The van der Waals surface area contributed by atoms with Gasteiger partial charge in [0.1, 0.15) is 72.1 Å². The smallest absolute Gasteiger partial charge is 0.343 e. The molecule has 22 nitrogen and oxygen atoms in total. The van der Waals surface area contributed by atoms with Crippen LogP contribution in [0.25, 0.3) is 0 Å². The van der Waals surface area contributed by atoms with Gasteiger partial charge >= 0.3 is 6.18 Å². The fourth-order valence-electron chi connectivity index (χ4n) is 16.2. The van der Waals surface area contributed by atoms with Gasteiger partial charge in [0, 0.05) is 67.7 Å². The van der Waals surface area contributed by atoms with E-state index in [9.17, 15) is 51.5 Å². The number of fused-ring (bicyclic) bond motifs is 2. The van der Waals surface area contributed by atoms with Gasteiger partial charge in [0.2, 0.25) is 65.0 Å². The number of rotatable bonds is 10. The highest BCUT2D eigenvalue weighted by Crippen LogP contribution is 2.45. The summed E-state index contributed by atoms with van der Waals surface area (Å²) in [6.07, 6.45) is -6.46. The summed E-state index contributed by atoms with van der Waals surface area (Å²) in [5, 5.41) is 8.15. The zero-order valence-corrected chi connectivity index (χ0v) is 59.4. The lowest BCUT2D eigenvalue weighted by atomic mass is 9.76. The van der Waals surface area contributed by atoms with Crippen molar-refractivity contribution in [3.05, 3.63) is 0 Å². The topological polar surface area (TPSA) is 250 Å². The Bertz CT molecular complexity index is 2880. The van der Waals surface area contributed by atoms with Crippen LogP contribution < -0.4 is 16.0 Å².